The Morgan fingerprint density at radius 2 is 1.92 bits per heavy atom. The molecule has 2 aromatic carbocycles. The molecule has 0 unspecified atom stereocenters. The molecule has 6 heteroatoms. The van der Waals surface area contributed by atoms with Crippen molar-refractivity contribution in [3.05, 3.63) is 66.0 Å². The van der Waals surface area contributed by atoms with Crippen LogP contribution in [-0.4, -0.2) is 18.7 Å². The topological polar surface area (TPSA) is 64.6 Å². The number of carbonyl (C=O) groups is 2. The molecule has 2 rings (SSSR count). The van der Waals surface area contributed by atoms with Crippen molar-refractivity contribution in [2.45, 2.75) is 6.92 Å². The van der Waals surface area contributed by atoms with E-state index in [2.05, 4.69) is 5.32 Å². The van der Waals surface area contributed by atoms with Crippen molar-refractivity contribution in [1.82, 2.24) is 0 Å². The van der Waals surface area contributed by atoms with Crippen LogP contribution in [0.4, 0.5) is 14.9 Å². The van der Waals surface area contributed by atoms with Gasteiger partial charge in [-0.25, -0.2) is 14.0 Å². The number of halogens is 1. The zero-order chi connectivity index (χ0) is 17.4. The Balaban J connectivity index is 1.91. The van der Waals surface area contributed by atoms with Crippen molar-refractivity contribution in [3.8, 4) is 5.75 Å². The van der Waals surface area contributed by atoms with Crippen LogP contribution in [-0.2, 0) is 9.53 Å². The van der Waals surface area contributed by atoms with Crippen molar-refractivity contribution in [2.24, 2.45) is 0 Å². The second kappa shape index (κ2) is 8.47. The lowest BCUT2D eigenvalue weighted by atomic mass is 10.2. The lowest BCUT2D eigenvalue weighted by molar-refractivity contribution is -0.128. The summed E-state index contributed by atoms with van der Waals surface area (Å²) < 4.78 is 22.9. The Morgan fingerprint density at radius 3 is 2.58 bits per heavy atom. The summed E-state index contributed by atoms with van der Waals surface area (Å²) in [5.74, 6) is -0.654. The van der Waals surface area contributed by atoms with Crippen molar-refractivity contribution >= 4 is 23.8 Å². The third-order valence-corrected chi connectivity index (χ3v) is 2.86. The summed E-state index contributed by atoms with van der Waals surface area (Å²) in [6.45, 7) is 1.98. The summed E-state index contributed by atoms with van der Waals surface area (Å²) in [5, 5.41) is 2.52. The van der Waals surface area contributed by atoms with E-state index in [4.69, 9.17) is 9.47 Å². The molecule has 0 spiro atoms. The van der Waals surface area contributed by atoms with Gasteiger partial charge in [0.2, 0.25) is 0 Å². The van der Waals surface area contributed by atoms with Crippen LogP contribution >= 0.6 is 0 Å². The van der Waals surface area contributed by atoms with E-state index >= 15 is 0 Å². The number of benzene rings is 2. The fourth-order valence-electron chi connectivity index (χ4n) is 1.82. The molecular weight excluding hydrogens is 313 g/mol. The Kier molecular flexibility index (Phi) is 6.08. The minimum atomic E-state index is -0.592. The van der Waals surface area contributed by atoms with Gasteiger partial charge in [-0.1, -0.05) is 12.1 Å². The highest BCUT2D eigenvalue weighted by atomic mass is 19.1. The number of esters is 1. The smallest absolute Gasteiger partial charge is 0.411 e. The maximum atomic E-state index is 13.0. The molecule has 0 aliphatic carbocycles. The van der Waals surface area contributed by atoms with E-state index in [0.29, 0.717) is 17.0 Å². The molecule has 0 saturated carbocycles. The van der Waals surface area contributed by atoms with E-state index in [0.717, 1.165) is 0 Å². The van der Waals surface area contributed by atoms with Gasteiger partial charge in [-0.3, -0.25) is 5.32 Å². The van der Waals surface area contributed by atoms with Crippen molar-refractivity contribution in [2.75, 3.05) is 11.9 Å². The molecule has 0 saturated heterocycles. The van der Waals surface area contributed by atoms with Crippen molar-refractivity contribution in [3.63, 3.8) is 0 Å². The second-order valence-electron chi connectivity index (χ2n) is 4.68. The monoisotopic (exact) mass is 329 g/mol. The van der Waals surface area contributed by atoms with Gasteiger partial charge in [-0.15, -0.1) is 0 Å². The number of amides is 1. The summed E-state index contributed by atoms with van der Waals surface area (Å²) in [4.78, 5) is 23.0. The van der Waals surface area contributed by atoms with Crippen LogP contribution in [0.1, 0.15) is 12.5 Å². The van der Waals surface area contributed by atoms with Crippen molar-refractivity contribution in [1.29, 1.82) is 0 Å². The van der Waals surface area contributed by atoms with Crippen LogP contribution in [0.5, 0.6) is 5.75 Å². The van der Waals surface area contributed by atoms with Gasteiger partial charge in [0.25, 0.3) is 0 Å². The van der Waals surface area contributed by atoms with Gasteiger partial charge in [0.15, 0.2) is 0 Å². The van der Waals surface area contributed by atoms with E-state index in [1.807, 2.05) is 0 Å². The molecule has 1 amide bonds. The highest BCUT2D eigenvalue weighted by Gasteiger charge is 2.04. The van der Waals surface area contributed by atoms with Crippen LogP contribution in [0.2, 0.25) is 0 Å². The number of carbonyl (C=O) groups excluding carboxylic acids is 2. The molecule has 0 aliphatic rings. The fraction of sp³-hybridized carbons (Fsp3) is 0.111. The van der Waals surface area contributed by atoms with Crippen LogP contribution < -0.4 is 10.1 Å². The van der Waals surface area contributed by atoms with Gasteiger partial charge < -0.3 is 9.47 Å². The highest BCUT2D eigenvalue weighted by molar-refractivity contribution is 5.89. The first kappa shape index (κ1) is 17.2. The summed E-state index contributed by atoms with van der Waals surface area (Å²) in [7, 11) is 0. The molecule has 0 atom stereocenters. The van der Waals surface area contributed by atoms with E-state index in [9.17, 15) is 14.0 Å². The van der Waals surface area contributed by atoms with Gasteiger partial charge >= 0.3 is 12.1 Å². The maximum Gasteiger partial charge on any atom is 0.411 e. The second-order valence-corrected chi connectivity index (χ2v) is 4.68. The molecule has 24 heavy (non-hydrogen) atoms. The number of nitrogens with one attached hydrogen (secondary N) is 1. The number of rotatable bonds is 5. The third-order valence-electron chi connectivity index (χ3n) is 2.86. The van der Waals surface area contributed by atoms with Crippen LogP contribution in [0.15, 0.2) is 54.6 Å². The van der Waals surface area contributed by atoms with Crippen molar-refractivity contribution < 1.29 is 23.5 Å². The molecule has 0 heterocycles. The minimum Gasteiger partial charge on any atom is -0.450 e. The number of anilines is 1. The Morgan fingerprint density at radius 1 is 1.17 bits per heavy atom. The predicted octanol–water partition coefficient (Wildman–Crippen LogP) is 4.01. The number of hydrogen-bond acceptors (Lipinski definition) is 4. The number of hydrogen-bond donors (Lipinski definition) is 1. The quantitative estimate of drug-likeness (QED) is 0.511. The fourth-order valence-corrected chi connectivity index (χ4v) is 1.82. The highest BCUT2D eigenvalue weighted by Crippen LogP contribution is 2.16. The van der Waals surface area contributed by atoms with E-state index in [1.54, 1.807) is 31.2 Å². The van der Waals surface area contributed by atoms with Gasteiger partial charge in [-0.2, -0.15) is 0 Å². The van der Waals surface area contributed by atoms with E-state index in [-0.39, 0.29) is 12.4 Å². The molecule has 0 fully saturated rings. The summed E-state index contributed by atoms with van der Waals surface area (Å²) in [6, 6.07) is 12.1. The van der Waals surface area contributed by atoms with Crippen LogP contribution in [0, 0.1) is 5.82 Å². The van der Waals surface area contributed by atoms with Gasteiger partial charge in [0.05, 0.1) is 6.61 Å². The molecular formula is C18H16FNO4. The molecule has 1 N–H and O–H groups in total. The maximum absolute atomic E-state index is 13.0. The Hall–Kier alpha value is -3.15. The zero-order valence-electron chi connectivity index (χ0n) is 13.0. The summed E-state index contributed by atoms with van der Waals surface area (Å²) in [5.41, 5.74) is 1.07. The van der Waals surface area contributed by atoms with Gasteiger partial charge in [-0.05, 0) is 55.0 Å². The first-order valence-electron chi connectivity index (χ1n) is 7.26. The molecule has 0 aliphatic heterocycles. The van der Waals surface area contributed by atoms with Crippen LogP contribution in [0.25, 0.3) is 6.08 Å². The molecule has 5 nitrogen and oxygen atoms in total. The number of ether oxygens (including phenoxy) is 2. The standard InChI is InChI=1S/C18H16FNO4/c1-2-23-18(22)20-15-7-9-16(10-8-15)24-17(21)11-6-13-4-3-5-14(19)12-13/h3-12H,2H2,1H3,(H,20,22)/b11-6+. The normalized spacial score (nSPS) is 10.4. The lowest BCUT2D eigenvalue weighted by Crippen LogP contribution is -2.13. The molecule has 124 valence electrons. The summed E-state index contributed by atoms with van der Waals surface area (Å²) in [6.07, 6.45) is 2.11. The molecule has 2 aromatic rings. The molecule has 0 aromatic heterocycles. The molecule has 0 radical (unpaired) electrons. The average Bonchev–Trinajstić information content (AvgIpc) is 2.55. The average molecular weight is 329 g/mol. The third kappa shape index (κ3) is 5.57. The Labute approximate surface area is 138 Å². The first-order chi connectivity index (χ1) is 11.6. The van der Waals surface area contributed by atoms with E-state index in [1.165, 1.54) is 36.4 Å². The summed E-state index contributed by atoms with van der Waals surface area (Å²) >= 11 is 0. The lowest BCUT2D eigenvalue weighted by Gasteiger charge is -2.06. The predicted molar refractivity (Wildman–Crippen MR) is 88.2 cm³/mol. The molecule has 0 bridgehead atoms. The Bertz CT molecular complexity index is 741. The largest absolute Gasteiger partial charge is 0.450 e. The van der Waals surface area contributed by atoms with E-state index < -0.39 is 12.1 Å². The van der Waals surface area contributed by atoms with Gasteiger partial charge in [0.1, 0.15) is 11.6 Å². The SMILES string of the molecule is CCOC(=O)Nc1ccc(OC(=O)/C=C/c2cccc(F)c2)cc1. The first-order valence-corrected chi connectivity index (χ1v) is 7.26. The van der Waals surface area contributed by atoms with Crippen LogP contribution in [0.3, 0.4) is 0 Å². The van der Waals surface area contributed by atoms with Gasteiger partial charge in [0, 0.05) is 11.8 Å². The minimum absolute atomic E-state index is 0.277. The zero-order valence-corrected chi connectivity index (χ0v) is 13.0.